The Balaban J connectivity index is 1.92. The van der Waals surface area contributed by atoms with Gasteiger partial charge in [0.15, 0.2) is 0 Å². The second-order valence-corrected chi connectivity index (χ2v) is 7.33. The lowest BCUT2D eigenvalue weighted by Gasteiger charge is -2.46. The molecule has 0 amide bonds. The van der Waals surface area contributed by atoms with Crippen LogP contribution in [0.4, 0.5) is 0 Å². The van der Waals surface area contributed by atoms with E-state index < -0.39 is 0 Å². The number of nitrogens with two attached hydrogens (primary N) is 1. The maximum atomic E-state index is 6.55. The smallest absolute Gasteiger partial charge is 0.0829 e. The molecule has 0 aromatic heterocycles. The van der Waals surface area contributed by atoms with Crippen LogP contribution in [0.5, 0.6) is 0 Å². The highest BCUT2D eigenvalue weighted by atomic mass is 16.5. The Morgan fingerprint density at radius 2 is 1.74 bits per heavy atom. The van der Waals surface area contributed by atoms with Crippen molar-refractivity contribution in [1.82, 2.24) is 0 Å². The van der Waals surface area contributed by atoms with Gasteiger partial charge in [-0.15, -0.1) is 0 Å². The van der Waals surface area contributed by atoms with Crippen molar-refractivity contribution in [3.8, 4) is 0 Å². The van der Waals surface area contributed by atoms with Gasteiger partial charge in [-0.25, -0.2) is 0 Å². The molecule has 1 saturated heterocycles. The Bertz CT molecular complexity index is 274. The zero-order valence-electron chi connectivity index (χ0n) is 12.9. The molecule has 2 aliphatic rings. The Labute approximate surface area is 118 Å². The third-order valence-corrected chi connectivity index (χ3v) is 5.46. The normalized spacial score (nSPS) is 29.1. The lowest BCUT2D eigenvalue weighted by Crippen LogP contribution is -2.53. The number of methoxy groups -OCH3 is 1. The largest absolute Gasteiger partial charge is 0.381 e. The van der Waals surface area contributed by atoms with Crippen LogP contribution in [0.25, 0.3) is 0 Å². The molecule has 1 saturated carbocycles. The molecule has 0 aromatic carbocycles. The summed E-state index contributed by atoms with van der Waals surface area (Å²) in [5.74, 6) is 0.728. The third kappa shape index (κ3) is 3.71. The molecule has 112 valence electrons. The molecule has 2 N–H and O–H groups in total. The fourth-order valence-corrected chi connectivity index (χ4v) is 3.63. The maximum absolute atomic E-state index is 6.55. The molecule has 0 spiro atoms. The van der Waals surface area contributed by atoms with Gasteiger partial charge in [0.2, 0.25) is 0 Å². The first-order valence-corrected chi connectivity index (χ1v) is 7.86. The molecule has 0 aromatic rings. The van der Waals surface area contributed by atoms with E-state index in [0.29, 0.717) is 5.41 Å². The highest BCUT2D eigenvalue weighted by Crippen LogP contribution is 2.44. The summed E-state index contributed by atoms with van der Waals surface area (Å²) < 4.78 is 11.4. The van der Waals surface area contributed by atoms with Gasteiger partial charge in [0, 0.05) is 26.4 Å². The van der Waals surface area contributed by atoms with Crippen LogP contribution < -0.4 is 5.73 Å². The molecule has 0 bridgehead atoms. The lowest BCUT2D eigenvalue weighted by molar-refractivity contribution is -0.0848. The van der Waals surface area contributed by atoms with Crippen molar-refractivity contribution in [3.05, 3.63) is 0 Å². The van der Waals surface area contributed by atoms with E-state index in [4.69, 9.17) is 15.2 Å². The highest BCUT2D eigenvalue weighted by molar-refractivity contribution is 4.98. The van der Waals surface area contributed by atoms with Gasteiger partial charge in [0.05, 0.1) is 5.60 Å². The van der Waals surface area contributed by atoms with Crippen LogP contribution in [0.2, 0.25) is 0 Å². The van der Waals surface area contributed by atoms with Gasteiger partial charge in [0.25, 0.3) is 0 Å². The van der Waals surface area contributed by atoms with E-state index in [1.807, 2.05) is 7.11 Å². The van der Waals surface area contributed by atoms with Crippen LogP contribution in [0.1, 0.15) is 58.8 Å². The minimum atomic E-state index is -0.0756. The summed E-state index contributed by atoms with van der Waals surface area (Å²) in [6, 6.07) is 0.177. The third-order valence-electron chi connectivity index (χ3n) is 5.46. The monoisotopic (exact) mass is 269 g/mol. The quantitative estimate of drug-likeness (QED) is 0.853. The second kappa shape index (κ2) is 6.11. The zero-order chi connectivity index (χ0) is 13.9. The first kappa shape index (κ1) is 15.3. The van der Waals surface area contributed by atoms with E-state index in [0.717, 1.165) is 38.4 Å². The molecule has 2 rings (SSSR count). The molecule has 1 aliphatic carbocycles. The van der Waals surface area contributed by atoms with Gasteiger partial charge in [-0.2, -0.15) is 0 Å². The summed E-state index contributed by atoms with van der Waals surface area (Å²) in [7, 11) is 1.85. The Kier molecular flexibility index (Phi) is 4.91. The van der Waals surface area contributed by atoms with Crippen molar-refractivity contribution in [3.63, 3.8) is 0 Å². The molecule has 1 aliphatic heterocycles. The van der Waals surface area contributed by atoms with Gasteiger partial charge in [-0.05, 0) is 56.3 Å². The van der Waals surface area contributed by atoms with Gasteiger partial charge in [-0.1, -0.05) is 13.8 Å². The predicted octanol–water partition coefficient (Wildman–Crippen LogP) is 3.12. The minimum Gasteiger partial charge on any atom is -0.381 e. The van der Waals surface area contributed by atoms with Crippen molar-refractivity contribution in [1.29, 1.82) is 0 Å². The van der Waals surface area contributed by atoms with Crippen LogP contribution in [0, 0.1) is 11.3 Å². The molecule has 1 unspecified atom stereocenters. The van der Waals surface area contributed by atoms with E-state index in [9.17, 15) is 0 Å². The molecule has 3 nitrogen and oxygen atoms in total. The maximum Gasteiger partial charge on any atom is 0.0829 e. The summed E-state index contributed by atoms with van der Waals surface area (Å²) in [6.07, 6.45) is 8.10. The van der Waals surface area contributed by atoms with Crippen LogP contribution in [-0.4, -0.2) is 32.0 Å². The number of hydrogen-bond acceptors (Lipinski definition) is 3. The van der Waals surface area contributed by atoms with Gasteiger partial charge >= 0.3 is 0 Å². The number of ether oxygens (including phenoxy) is 2. The fraction of sp³-hybridized carbons (Fsp3) is 1.00. The average molecular weight is 269 g/mol. The van der Waals surface area contributed by atoms with E-state index in [1.54, 1.807) is 0 Å². The van der Waals surface area contributed by atoms with E-state index in [2.05, 4.69) is 13.8 Å². The molecule has 1 heterocycles. The van der Waals surface area contributed by atoms with Gasteiger partial charge in [0.1, 0.15) is 0 Å². The molecule has 3 heteroatoms. The van der Waals surface area contributed by atoms with Gasteiger partial charge in [-0.3, -0.25) is 0 Å². The number of hydrogen-bond donors (Lipinski definition) is 1. The molecule has 1 atom stereocenters. The Morgan fingerprint density at radius 3 is 2.26 bits per heavy atom. The highest BCUT2D eigenvalue weighted by Gasteiger charge is 2.43. The Hall–Kier alpha value is -0.120. The van der Waals surface area contributed by atoms with Gasteiger partial charge < -0.3 is 15.2 Å². The molecular formula is C16H31NO2. The van der Waals surface area contributed by atoms with Crippen molar-refractivity contribution >= 4 is 0 Å². The van der Waals surface area contributed by atoms with E-state index in [-0.39, 0.29) is 11.6 Å². The van der Waals surface area contributed by atoms with Crippen molar-refractivity contribution in [2.45, 2.75) is 70.4 Å². The van der Waals surface area contributed by atoms with Crippen LogP contribution >= 0.6 is 0 Å². The standard InChI is InChI=1S/C16H31NO2/c1-15(2)6-8-16(18-3,9-7-15)14(17)12-13-4-10-19-11-5-13/h13-14H,4-12,17H2,1-3H3. The number of rotatable bonds is 4. The van der Waals surface area contributed by atoms with Crippen LogP contribution in [0.3, 0.4) is 0 Å². The zero-order valence-corrected chi connectivity index (χ0v) is 12.9. The van der Waals surface area contributed by atoms with E-state index >= 15 is 0 Å². The molecule has 19 heavy (non-hydrogen) atoms. The second-order valence-electron chi connectivity index (χ2n) is 7.33. The minimum absolute atomic E-state index is 0.0756. The summed E-state index contributed by atoms with van der Waals surface area (Å²) >= 11 is 0. The molecule has 2 fully saturated rings. The van der Waals surface area contributed by atoms with Crippen molar-refractivity contribution < 1.29 is 9.47 Å². The summed E-state index contributed by atoms with van der Waals surface area (Å²) in [5, 5.41) is 0. The summed E-state index contributed by atoms with van der Waals surface area (Å²) in [6.45, 7) is 6.53. The topological polar surface area (TPSA) is 44.5 Å². The first-order valence-electron chi connectivity index (χ1n) is 7.86. The van der Waals surface area contributed by atoms with E-state index in [1.165, 1.54) is 25.7 Å². The lowest BCUT2D eigenvalue weighted by atomic mass is 9.67. The van der Waals surface area contributed by atoms with Crippen LogP contribution in [-0.2, 0) is 9.47 Å². The van der Waals surface area contributed by atoms with Crippen molar-refractivity contribution in [2.24, 2.45) is 17.1 Å². The summed E-state index contributed by atoms with van der Waals surface area (Å²) in [5.41, 5.74) is 6.93. The predicted molar refractivity (Wildman–Crippen MR) is 78.1 cm³/mol. The SMILES string of the molecule is COC1(C(N)CC2CCOCC2)CCC(C)(C)CC1. The summed E-state index contributed by atoms with van der Waals surface area (Å²) in [4.78, 5) is 0. The van der Waals surface area contributed by atoms with Crippen molar-refractivity contribution in [2.75, 3.05) is 20.3 Å². The molecular weight excluding hydrogens is 238 g/mol. The Morgan fingerprint density at radius 1 is 1.16 bits per heavy atom. The molecule has 0 radical (unpaired) electrons. The fourth-order valence-electron chi connectivity index (χ4n) is 3.63. The van der Waals surface area contributed by atoms with Crippen LogP contribution in [0.15, 0.2) is 0 Å². The average Bonchev–Trinajstić information content (AvgIpc) is 2.40. The first-order chi connectivity index (χ1) is 8.97.